The third kappa shape index (κ3) is 1.62. The molecule has 0 saturated carbocycles. The molecule has 1 fully saturated rings. The summed E-state index contributed by atoms with van der Waals surface area (Å²) in [7, 11) is 1.54. The first-order chi connectivity index (χ1) is 10.0. The van der Waals surface area contributed by atoms with Crippen LogP contribution in [-0.2, 0) is 14.3 Å². The van der Waals surface area contributed by atoms with Crippen molar-refractivity contribution in [2.45, 2.75) is 25.4 Å². The van der Waals surface area contributed by atoms with Crippen LogP contribution in [0.1, 0.15) is 30.1 Å². The Bertz CT molecular complexity index is 642. The summed E-state index contributed by atoms with van der Waals surface area (Å²) in [6, 6.07) is 6.84. The maximum Gasteiger partial charge on any atom is 0.353 e. The van der Waals surface area contributed by atoms with Crippen molar-refractivity contribution in [2.75, 3.05) is 18.6 Å². The van der Waals surface area contributed by atoms with Crippen LogP contribution in [-0.4, -0.2) is 42.0 Å². The predicted molar refractivity (Wildman–Crippen MR) is 74.6 cm³/mol. The van der Waals surface area contributed by atoms with E-state index in [4.69, 9.17) is 4.74 Å². The number of hydrogen-bond donors (Lipinski definition) is 0. The van der Waals surface area contributed by atoms with Crippen LogP contribution >= 0.6 is 0 Å². The van der Waals surface area contributed by atoms with E-state index < -0.39 is 11.6 Å². The van der Waals surface area contributed by atoms with Gasteiger partial charge < -0.3 is 9.64 Å². The zero-order valence-electron chi connectivity index (χ0n) is 12.0. The van der Waals surface area contributed by atoms with Crippen LogP contribution < -0.4 is 4.90 Å². The Kier molecular flexibility index (Phi) is 2.97. The number of anilines is 1. The van der Waals surface area contributed by atoms with Gasteiger partial charge in [-0.25, -0.2) is 4.79 Å². The normalized spacial score (nSPS) is 23.9. The highest BCUT2D eigenvalue weighted by Gasteiger charge is 2.60. The first kappa shape index (κ1) is 13.6. The number of rotatable bonds is 2. The highest BCUT2D eigenvalue weighted by Crippen LogP contribution is 2.44. The quantitative estimate of drug-likeness (QED) is 0.766. The zero-order chi connectivity index (χ0) is 15.2. The van der Waals surface area contributed by atoms with Crippen LogP contribution in [0.2, 0.25) is 0 Å². The lowest BCUT2D eigenvalue weighted by molar-refractivity contribution is -0.155. The minimum absolute atomic E-state index is 0.171. The summed E-state index contributed by atoms with van der Waals surface area (Å²) in [5.41, 5.74) is -0.440. The summed E-state index contributed by atoms with van der Waals surface area (Å²) in [4.78, 5) is 40.1. The SMILES string of the molecule is CCOC(=O)[C@@]12CCC(=O)N1c1ccccc1C(=O)N2C. The van der Waals surface area contributed by atoms with Crippen molar-refractivity contribution < 1.29 is 19.1 Å². The molecule has 6 nitrogen and oxygen atoms in total. The van der Waals surface area contributed by atoms with E-state index >= 15 is 0 Å². The van der Waals surface area contributed by atoms with Crippen molar-refractivity contribution >= 4 is 23.5 Å². The average Bonchev–Trinajstić information content (AvgIpc) is 2.84. The number of likely N-dealkylation sites (N-methyl/N-ethyl adjacent to an activating group) is 1. The number of nitrogens with zero attached hydrogens (tertiary/aromatic N) is 2. The number of amides is 2. The molecule has 2 heterocycles. The highest BCUT2D eigenvalue weighted by atomic mass is 16.5. The number of fused-ring (bicyclic) bond motifs is 3. The molecule has 0 spiro atoms. The maximum absolute atomic E-state index is 12.6. The molecule has 21 heavy (non-hydrogen) atoms. The fraction of sp³-hybridized carbons (Fsp3) is 0.400. The second kappa shape index (κ2) is 4.58. The van der Waals surface area contributed by atoms with E-state index in [0.717, 1.165) is 0 Å². The number of carbonyl (C=O) groups is 3. The smallest absolute Gasteiger partial charge is 0.353 e. The first-order valence-electron chi connectivity index (χ1n) is 6.91. The van der Waals surface area contributed by atoms with Crippen molar-refractivity contribution in [3.05, 3.63) is 29.8 Å². The molecule has 0 aliphatic carbocycles. The molecule has 0 radical (unpaired) electrons. The monoisotopic (exact) mass is 288 g/mol. The minimum Gasteiger partial charge on any atom is -0.463 e. The lowest BCUT2D eigenvalue weighted by Crippen LogP contribution is -2.67. The Balaban J connectivity index is 2.22. The lowest BCUT2D eigenvalue weighted by atomic mass is 9.97. The molecule has 2 aliphatic rings. The summed E-state index contributed by atoms with van der Waals surface area (Å²) in [5, 5.41) is 0. The van der Waals surface area contributed by atoms with Crippen LogP contribution in [0.15, 0.2) is 24.3 Å². The molecule has 1 saturated heterocycles. The summed E-state index contributed by atoms with van der Waals surface area (Å²) in [6.45, 7) is 1.90. The first-order valence-corrected chi connectivity index (χ1v) is 6.91. The Morgan fingerprint density at radius 3 is 2.76 bits per heavy atom. The van der Waals surface area contributed by atoms with Crippen molar-refractivity contribution in [1.29, 1.82) is 0 Å². The molecule has 1 aromatic carbocycles. The van der Waals surface area contributed by atoms with Gasteiger partial charge in [0.1, 0.15) is 0 Å². The molecule has 1 aromatic rings. The molecule has 0 unspecified atom stereocenters. The predicted octanol–water partition coefficient (Wildman–Crippen LogP) is 1.16. The summed E-state index contributed by atoms with van der Waals surface area (Å²) in [6.07, 6.45) is 0.464. The van der Waals surface area contributed by atoms with E-state index in [0.29, 0.717) is 11.3 Å². The van der Waals surface area contributed by atoms with Crippen molar-refractivity contribution in [3.8, 4) is 0 Å². The molecule has 3 rings (SSSR count). The average molecular weight is 288 g/mol. The molecule has 0 aromatic heterocycles. The third-order valence-electron chi connectivity index (χ3n) is 4.14. The number of ether oxygens (including phenoxy) is 1. The molecule has 0 bridgehead atoms. The lowest BCUT2D eigenvalue weighted by Gasteiger charge is -2.46. The third-order valence-corrected chi connectivity index (χ3v) is 4.14. The highest BCUT2D eigenvalue weighted by molar-refractivity contribution is 6.15. The van der Waals surface area contributed by atoms with Gasteiger partial charge in [-0.2, -0.15) is 0 Å². The van der Waals surface area contributed by atoms with Crippen LogP contribution in [0.3, 0.4) is 0 Å². The van der Waals surface area contributed by atoms with E-state index in [-0.39, 0.29) is 31.3 Å². The van der Waals surface area contributed by atoms with Gasteiger partial charge in [-0.05, 0) is 19.1 Å². The molecule has 2 aliphatic heterocycles. The number of carbonyl (C=O) groups excluding carboxylic acids is 3. The van der Waals surface area contributed by atoms with Gasteiger partial charge in [-0.3, -0.25) is 14.5 Å². The van der Waals surface area contributed by atoms with E-state index in [2.05, 4.69) is 0 Å². The van der Waals surface area contributed by atoms with Crippen LogP contribution in [0.25, 0.3) is 0 Å². The zero-order valence-corrected chi connectivity index (χ0v) is 12.0. The van der Waals surface area contributed by atoms with Crippen molar-refractivity contribution in [3.63, 3.8) is 0 Å². The van der Waals surface area contributed by atoms with Gasteiger partial charge >= 0.3 is 5.97 Å². The molecule has 6 heteroatoms. The summed E-state index contributed by atoms with van der Waals surface area (Å²) < 4.78 is 5.14. The molecular weight excluding hydrogens is 272 g/mol. The molecular formula is C15H16N2O4. The van der Waals surface area contributed by atoms with Gasteiger partial charge in [0, 0.05) is 19.9 Å². The topological polar surface area (TPSA) is 66.9 Å². The molecule has 110 valence electrons. The van der Waals surface area contributed by atoms with Crippen LogP contribution in [0, 0.1) is 0 Å². The standard InChI is InChI=1S/C15H16N2O4/c1-3-21-14(20)15-9-8-12(18)17(15)11-7-5-4-6-10(11)13(19)16(15)2/h4-7H,3,8-9H2,1-2H3/t15-/m1/s1. The van der Waals surface area contributed by atoms with Gasteiger partial charge in [0.2, 0.25) is 11.6 Å². The molecule has 2 amide bonds. The van der Waals surface area contributed by atoms with Gasteiger partial charge in [-0.15, -0.1) is 0 Å². The van der Waals surface area contributed by atoms with Crippen LogP contribution in [0.4, 0.5) is 5.69 Å². The number of esters is 1. The van der Waals surface area contributed by atoms with Gasteiger partial charge in [-0.1, -0.05) is 12.1 Å². The second-order valence-electron chi connectivity index (χ2n) is 5.15. The van der Waals surface area contributed by atoms with Gasteiger partial charge in [0.25, 0.3) is 5.91 Å². The Morgan fingerprint density at radius 1 is 1.33 bits per heavy atom. The Morgan fingerprint density at radius 2 is 2.05 bits per heavy atom. The Hall–Kier alpha value is -2.37. The Labute approximate surface area is 122 Å². The van der Waals surface area contributed by atoms with Crippen LogP contribution in [0.5, 0.6) is 0 Å². The van der Waals surface area contributed by atoms with E-state index in [1.165, 1.54) is 9.80 Å². The largest absolute Gasteiger partial charge is 0.463 e. The second-order valence-corrected chi connectivity index (χ2v) is 5.15. The van der Waals surface area contributed by atoms with E-state index in [1.807, 2.05) is 0 Å². The summed E-state index contributed by atoms with van der Waals surface area (Å²) >= 11 is 0. The van der Waals surface area contributed by atoms with Crippen molar-refractivity contribution in [1.82, 2.24) is 4.90 Å². The van der Waals surface area contributed by atoms with E-state index in [1.54, 1.807) is 38.2 Å². The summed E-state index contributed by atoms with van der Waals surface area (Å²) in [5.74, 6) is -0.999. The van der Waals surface area contributed by atoms with Gasteiger partial charge in [0.05, 0.1) is 17.9 Å². The van der Waals surface area contributed by atoms with Gasteiger partial charge in [0.15, 0.2) is 0 Å². The number of benzene rings is 1. The fourth-order valence-corrected chi connectivity index (χ4v) is 3.14. The number of hydrogen-bond acceptors (Lipinski definition) is 4. The maximum atomic E-state index is 12.6. The molecule has 0 N–H and O–H groups in total. The minimum atomic E-state index is -1.35. The number of para-hydroxylation sites is 1. The van der Waals surface area contributed by atoms with E-state index in [9.17, 15) is 14.4 Å². The fourth-order valence-electron chi connectivity index (χ4n) is 3.14. The van der Waals surface area contributed by atoms with Crippen molar-refractivity contribution in [2.24, 2.45) is 0 Å². The molecule has 1 atom stereocenters.